The van der Waals surface area contributed by atoms with Crippen LogP contribution < -0.4 is 0 Å². The fourth-order valence-electron chi connectivity index (χ4n) is 3.68. The highest BCUT2D eigenvalue weighted by Crippen LogP contribution is 2.30. The van der Waals surface area contributed by atoms with Crippen molar-refractivity contribution in [3.8, 4) is 11.1 Å². The molecule has 0 saturated heterocycles. The van der Waals surface area contributed by atoms with Crippen molar-refractivity contribution in [1.82, 2.24) is 0 Å². The molecule has 0 aliphatic heterocycles. The predicted octanol–water partition coefficient (Wildman–Crippen LogP) is 9.74. The molecule has 2 aromatic carbocycles. The van der Waals surface area contributed by atoms with E-state index in [-0.39, 0.29) is 0 Å². The molecule has 0 nitrogen and oxygen atoms in total. The van der Waals surface area contributed by atoms with E-state index in [2.05, 4.69) is 76.4 Å². The van der Waals surface area contributed by atoms with E-state index in [4.69, 9.17) is 0 Å². The molecule has 0 bridgehead atoms. The number of hydrogen-bond donors (Lipinski definition) is 0. The Labute approximate surface area is 182 Å². The van der Waals surface area contributed by atoms with E-state index < -0.39 is 0 Å². The molecule has 2 rings (SSSR count). The lowest BCUT2D eigenvalue weighted by atomic mass is 9.90. The lowest BCUT2D eigenvalue weighted by Crippen LogP contribution is -1.96. The Morgan fingerprint density at radius 2 is 1.14 bits per heavy atom. The van der Waals surface area contributed by atoms with Crippen LogP contribution in [0.5, 0.6) is 0 Å². The Bertz CT molecular complexity index is 638. The second kappa shape index (κ2) is 18.2. The van der Waals surface area contributed by atoms with Crippen LogP contribution in [-0.4, -0.2) is 0 Å². The van der Waals surface area contributed by atoms with Crippen molar-refractivity contribution in [2.75, 3.05) is 0 Å². The highest BCUT2D eigenvalue weighted by Gasteiger charge is 2.10. The van der Waals surface area contributed by atoms with Gasteiger partial charge in [0.25, 0.3) is 0 Å². The second-order valence-electron chi connectivity index (χ2n) is 7.44. The topological polar surface area (TPSA) is 0 Å². The van der Waals surface area contributed by atoms with Crippen molar-refractivity contribution in [3.05, 3.63) is 72.3 Å². The molecular weight excluding hydrogens is 348 g/mol. The minimum absolute atomic E-state index is 1.21. The minimum Gasteiger partial charge on any atom is -0.106 e. The Kier molecular flexibility index (Phi) is 17.1. The largest absolute Gasteiger partial charge is 0.106 e. The zero-order chi connectivity index (χ0) is 21.9. The molecule has 0 unspecified atom stereocenters. The normalized spacial score (nSPS) is 9.83. The van der Waals surface area contributed by atoms with Gasteiger partial charge in [0.05, 0.1) is 0 Å². The second-order valence-corrected chi connectivity index (χ2v) is 7.44. The minimum atomic E-state index is 1.21. The van der Waals surface area contributed by atoms with Crippen molar-refractivity contribution in [2.45, 2.75) is 98.8 Å². The first-order valence-electron chi connectivity index (χ1n) is 11.9. The van der Waals surface area contributed by atoms with Crippen molar-refractivity contribution in [1.29, 1.82) is 0 Å². The van der Waals surface area contributed by atoms with Gasteiger partial charge < -0.3 is 0 Å². The van der Waals surface area contributed by atoms with E-state index in [9.17, 15) is 0 Å². The predicted molar refractivity (Wildman–Crippen MR) is 135 cm³/mol. The summed E-state index contributed by atoms with van der Waals surface area (Å²) in [6.07, 6.45) is 13.1. The monoisotopic (exact) mass is 394 g/mol. The summed E-state index contributed by atoms with van der Waals surface area (Å²) in [7, 11) is 0. The standard InChI is InChI=1S/C25H36.C2H6.C2H4/c1-4-6-8-10-14-22-15-12-13-17-24(22)25-19-18-21(3)20-23(25)16-11-9-7-5-2;2*1-2/h12-13,15,17-20H,4-11,14,16H2,1-3H3;1-2H3;1-2H2. The van der Waals surface area contributed by atoms with E-state index in [0.717, 1.165) is 0 Å². The highest BCUT2D eigenvalue weighted by molar-refractivity contribution is 5.71. The molecule has 0 fully saturated rings. The lowest BCUT2D eigenvalue weighted by molar-refractivity contribution is 0.665. The van der Waals surface area contributed by atoms with E-state index in [1.54, 1.807) is 0 Å². The molecule has 0 aliphatic carbocycles. The summed E-state index contributed by atoms with van der Waals surface area (Å²) in [4.78, 5) is 0. The molecule has 0 spiro atoms. The van der Waals surface area contributed by atoms with Crippen LogP contribution in [0.2, 0.25) is 0 Å². The Hall–Kier alpha value is -1.82. The summed E-state index contributed by atoms with van der Waals surface area (Å²) < 4.78 is 0. The van der Waals surface area contributed by atoms with Crippen LogP contribution in [0.3, 0.4) is 0 Å². The van der Waals surface area contributed by atoms with Crippen molar-refractivity contribution in [2.24, 2.45) is 0 Å². The molecular formula is C29H46. The maximum absolute atomic E-state index is 3.00. The van der Waals surface area contributed by atoms with Gasteiger partial charge in [-0.1, -0.05) is 114 Å². The maximum Gasteiger partial charge on any atom is -0.0149 e. The third-order valence-electron chi connectivity index (χ3n) is 5.17. The molecule has 0 N–H and O–H groups in total. The molecule has 0 heterocycles. The van der Waals surface area contributed by atoms with Crippen molar-refractivity contribution >= 4 is 0 Å². The SMILES string of the molecule is C=C.CC.CCCCCCc1ccccc1-c1ccc(C)cc1CCCCCC. The zero-order valence-electron chi connectivity index (χ0n) is 20.0. The van der Waals surface area contributed by atoms with Crippen LogP contribution in [-0.2, 0) is 12.8 Å². The summed E-state index contributed by atoms with van der Waals surface area (Å²) in [5.41, 5.74) is 7.38. The van der Waals surface area contributed by atoms with Crippen LogP contribution in [0.15, 0.2) is 55.6 Å². The number of aryl methyl sites for hydroxylation is 3. The Morgan fingerprint density at radius 3 is 1.72 bits per heavy atom. The lowest BCUT2D eigenvalue weighted by Gasteiger charge is -2.15. The number of unbranched alkanes of at least 4 members (excludes halogenated alkanes) is 6. The van der Waals surface area contributed by atoms with Gasteiger partial charge in [-0.05, 0) is 54.9 Å². The molecule has 0 aliphatic rings. The molecule has 2 aromatic rings. The Morgan fingerprint density at radius 1 is 0.621 bits per heavy atom. The van der Waals surface area contributed by atoms with Crippen molar-refractivity contribution < 1.29 is 0 Å². The summed E-state index contributed by atoms with van der Waals surface area (Å²) in [6, 6.07) is 16.1. The fourth-order valence-corrected chi connectivity index (χ4v) is 3.68. The highest BCUT2D eigenvalue weighted by atomic mass is 14.1. The van der Waals surface area contributed by atoms with E-state index >= 15 is 0 Å². The third-order valence-corrected chi connectivity index (χ3v) is 5.17. The average Bonchev–Trinajstić information content (AvgIpc) is 2.78. The Balaban J connectivity index is 0.00000184. The first kappa shape index (κ1) is 27.2. The quantitative estimate of drug-likeness (QED) is 0.263. The third kappa shape index (κ3) is 10.5. The number of hydrogen-bond acceptors (Lipinski definition) is 0. The molecule has 29 heavy (non-hydrogen) atoms. The number of benzene rings is 2. The molecule has 0 heteroatoms. The van der Waals surface area contributed by atoms with Gasteiger partial charge in [0, 0.05) is 0 Å². The smallest absolute Gasteiger partial charge is 0.0149 e. The van der Waals surface area contributed by atoms with Crippen LogP contribution in [0, 0.1) is 6.92 Å². The first-order chi connectivity index (χ1) is 14.3. The summed E-state index contributed by atoms with van der Waals surface area (Å²) in [6.45, 7) is 16.8. The van der Waals surface area contributed by atoms with Crippen LogP contribution in [0.4, 0.5) is 0 Å². The molecule has 162 valence electrons. The zero-order valence-corrected chi connectivity index (χ0v) is 20.0. The number of rotatable bonds is 11. The van der Waals surface area contributed by atoms with Gasteiger partial charge in [0.1, 0.15) is 0 Å². The van der Waals surface area contributed by atoms with Gasteiger partial charge in [-0.2, -0.15) is 0 Å². The van der Waals surface area contributed by atoms with Gasteiger partial charge >= 0.3 is 0 Å². The van der Waals surface area contributed by atoms with Crippen LogP contribution in [0.25, 0.3) is 11.1 Å². The molecule has 0 saturated carbocycles. The van der Waals surface area contributed by atoms with Gasteiger partial charge in [-0.15, -0.1) is 13.2 Å². The molecule has 0 atom stereocenters. The summed E-state index contributed by atoms with van der Waals surface area (Å²) in [5.74, 6) is 0. The van der Waals surface area contributed by atoms with Gasteiger partial charge in [-0.3, -0.25) is 0 Å². The van der Waals surface area contributed by atoms with Crippen molar-refractivity contribution in [3.63, 3.8) is 0 Å². The molecule has 0 radical (unpaired) electrons. The molecule has 0 amide bonds. The van der Waals surface area contributed by atoms with Gasteiger partial charge in [-0.25, -0.2) is 0 Å². The van der Waals surface area contributed by atoms with E-state index in [0.29, 0.717) is 0 Å². The average molecular weight is 395 g/mol. The van der Waals surface area contributed by atoms with E-state index in [1.165, 1.54) is 92.0 Å². The summed E-state index contributed by atoms with van der Waals surface area (Å²) in [5, 5.41) is 0. The van der Waals surface area contributed by atoms with Crippen LogP contribution in [0.1, 0.15) is 95.8 Å². The van der Waals surface area contributed by atoms with Gasteiger partial charge in [0.15, 0.2) is 0 Å². The molecule has 0 aromatic heterocycles. The fraction of sp³-hybridized carbons (Fsp3) is 0.517. The summed E-state index contributed by atoms with van der Waals surface area (Å²) >= 11 is 0. The first-order valence-corrected chi connectivity index (χ1v) is 11.9. The maximum atomic E-state index is 3.00. The van der Waals surface area contributed by atoms with Gasteiger partial charge in [0.2, 0.25) is 0 Å². The van der Waals surface area contributed by atoms with Crippen LogP contribution >= 0.6 is 0 Å². The van der Waals surface area contributed by atoms with E-state index in [1.807, 2.05) is 13.8 Å².